The summed E-state index contributed by atoms with van der Waals surface area (Å²) in [7, 11) is -6.35. The maximum Gasteiger partial charge on any atom is 0.523 e. The molecule has 1 N–H and O–H groups in total. The maximum atomic E-state index is 14.7. The first-order valence-electron chi connectivity index (χ1n) is 14.2. The summed E-state index contributed by atoms with van der Waals surface area (Å²) >= 11 is -3.21. The lowest BCUT2D eigenvalue weighted by atomic mass is 9.94. The van der Waals surface area contributed by atoms with E-state index in [0.717, 1.165) is 24.3 Å². The van der Waals surface area contributed by atoms with Crippen LogP contribution in [0.1, 0.15) is 33.4 Å². The van der Waals surface area contributed by atoms with Crippen LogP contribution in [-0.2, 0) is 39.5 Å². The standard InChI is InChI=1S/C34H18F6N4O4S3/c1-17-4-6-18(7-5-17)28-25(32(43-2)44-3)13-23-26(16-50(45)46)29-24(31(30(23)28)51(47,48)34(38,39)40)12-22(20(14-41)15-42)27(29)19-8-10-21(11-9-19)49-33(35,36)37/h4-11H,12-13,16H2,1H3,(H,45,46). The molecule has 1 atom stereocenters. The zero-order valence-corrected chi connectivity index (χ0v) is 28.1. The molecule has 0 aliphatic heterocycles. The van der Waals surface area contributed by atoms with Crippen LogP contribution in [0.15, 0.2) is 80.9 Å². The minimum Gasteiger partial charge on any atom is -0.306 e. The average Bonchev–Trinajstić information content (AvgIpc) is 3.61. The van der Waals surface area contributed by atoms with Crippen molar-refractivity contribution in [1.82, 2.24) is 0 Å². The van der Waals surface area contributed by atoms with Crippen molar-refractivity contribution in [2.24, 2.45) is 0 Å². The van der Waals surface area contributed by atoms with Gasteiger partial charge in [-0.3, -0.25) is 0 Å². The van der Waals surface area contributed by atoms with E-state index >= 15 is 0 Å². The van der Waals surface area contributed by atoms with E-state index in [4.69, 9.17) is 13.1 Å². The van der Waals surface area contributed by atoms with E-state index in [1.165, 1.54) is 12.1 Å². The SMILES string of the molecule is [C-]#[N+]C([N+]#[C-])=C1Cc2c(CS(=O)O)c3c(c(S(=O)(=O)C(F)(F)F)c2=C1c1ccc(C)cc1)CC(=C(C#N)C#N)C=3c1ccc(SC(F)(F)F)cc1. The molecule has 0 spiro atoms. The Hall–Kier alpha value is -5.17. The topological polar surface area (TPSA) is 128 Å². The number of hydrogen-bond acceptors (Lipinski definition) is 6. The third-order valence-electron chi connectivity index (χ3n) is 8.15. The van der Waals surface area contributed by atoms with Crippen LogP contribution < -0.4 is 10.4 Å². The number of sulfone groups is 1. The van der Waals surface area contributed by atoms with Gasteiger partial charge in [0.2, 0.25) is 0 Å². The smallest absolute Gasteiger partial charge is 0.306 e. The van der Waals surface area contributed by atoms with Crippen molar-refractivity contribution in [3.05, 3.63) is 138 Å². The van der Waals surface area contributed by atoms with Crippen LogP contribution >= 0.6 is 11.8 Å². The fourth-order valence-corrected chi connectivity index (χ4v) is 8.58. The molecule has 0 bridgehead atoms. The Kier molecular flexibility index (Phi) is 9.83. The molecular formula is C34H18F6N4O4S3. The first-order valence-corrected chi connectivity index (χ1v) is 17.7. The van der Waals surface area contributed by atoms with Gasteiger partial charge in [-0.2, -0.15) is 46.6 Å². The van der Waals surface area contributed by atoms with E-state index < -0.39 is 89.4 Å². The van der Waals surface area contributed by atoms with Crippen molar-refractivity contribution in [3.8, 4) is 12.1 Å². The molecule has 2 aliphatic rings. The van der Waals surface area contributed by atoms with Crippen LogP contribution in [0, 0.1) is 42.7 Å². The average molecular weight is 757 g/mol. The summed E-state index contributed by atoms with van der Waals surface area (Å²) in [6.45, 7) is 17.0. The Bertz CT molecular complexity index is 2500. The first-order chi connectivity index (χ1) is 23.9. The molecule has 258 valence electrons. The number of thioether (sulfide) groups is 1. The third-order valence-corrected chi connectivity index (χ3v) is 11.0. The van der Waals surface area contributed by atoms with Crippen molar-refractivity contribution in [3.63, 3.8) is 0 Å². The van der Waals surface area contributed by atoms with Crippen molar-refractivity contribution in [2.45, 2.75) is 46.3 Å². The van der Waals surface area contributed by atoms with Crippen LogP contribution in [0.2, 0.25) is 0 Å². The number of aryl methyl sites for hydroxylation is 1. The molecule has 51 heavy (non-hydrogen) atoms. The lowest BCUT2D eigenvalue weighted by molar-refractivity contribution is -0.0437. The highest BCUT2D eigenvalue weighted by Crippen LogP contribution is 2.42. The number of alkyl halides is 6. The van der Waals surface area contributed by atoms with Gasteiger partial charge in [-0.05, 0) is 87.0 Å². The van der Waals surface area contributed by atoms with Crippen LogP contribution in [0.25, 0.3) is 20.8 Å². The van der Waals surface area contributed by atoms with Crippen LogP contribution in [0.3, 0.4) is 0 Å². The van der Waals surface area contributed by atoms with Gasteiger partial charge in [0, 0.05) is 16.5 Å². The fraction of sp³-hybridized carbons (Fsp3) is 0.176. The molecule has 5 rings (SSSR count). The van der Waals surface area contributed by atoms with E-state index in [9.17, 15) is 54.0 Å². The molecule has 0 saturated carbocycles. The molecule has 0 aromatic heterocycles. The monoisotopic (exact) mass is 756 g/mol. The van der Waals surface area contributed by atoms with Gasteiger partial charge in [0.1, 0.15) is 30.9 Å². The lowest BCUT2D eigenvalue weighted by Crippen LogP contribution is -2.36. The van der Waals surface area contributed by atoms with Gasteiger partial charge in [0.25, 0.3) is 9.84 Å². The number of benzene rings is 3. The Morgan fingerprint density at radius 2 is 1.39 bits per heavy atom. The summed E-state index contributed by atoms with van der Waals surface area (Å²) in [5, 5.41) is 18.9. The zero-order valence-electron chi connectivity index (χ0n) is 25.7. The number of nitrogens with zero attached hydrogens (tertiary/aromatic N) is 4. The van der Waals surface area contributed by atoms with Crippen molar-refractivity contribution in [1.29, 1.82) is 10.5 Å². The summed E-state index contributed by atoms with van der Waals surface area (Å²) < 4.78 is 134. The van der Waals surface area contributed by atoms with E-state index in [0.29, 0.717) is 5.56 Å². The largest absolute Gasteiger partial charge is 0.523 e. The maximum absolute atomic E-state index is 14.7. The van der Waals surface area contributed by atoms with E-state index in [1.807, 2.05) is 0 Å². The zero-order chi connectivity index (χ0) is 37.6. The lowest BCUT2D eigenvalue weighted by Gasteiger charge is -2.17. The fourth-order valence-electron chi connectivity index (χ4n) is 6.25. The number of halogens is 6. The van der Waals surface area contributed by atoms with Crippen molar-refractivity contribution < 1.29 is 43.5 Å². The summed E-state index contributed by atoms with van der Waals surface area (Å²) in [5.74, 6) is -1.41. The number of hydrogen-bond donors (Lipinski definition) is 1. The molecule has 0 fully saturated rings. The Labute approximate surface area is 293 Å². The highest BCUT2D eigenvalue weighted by Gasteiger charge is 2.51. The van der Waals surface area contributed by atoms with Crippen molar-refractivity contribution in [2.75, 3.05) is 0 Å². The van der Waals surface area contributed by atoms with E-state index in [1.54, 1.807) is 31.2 Å². The van der Waals surface area contributed by atoms with Gasteiger partial charge >= 0.3 is 16.8 Å². The molecule has 17 heteroatoms. The van der Waals surface area contributed by atoms with Gasteiger partial charge in [-0.1, -0.05) is 42.0 Å². The predicted molar refractivity (Wildman–Crippen MR) is 174 cm³/mol. The van der Waals surface area contributed by atoms with Gasteiger partial charge in [0.15, 0.2) is 11.1 Å². The van der Waals surface area contributed by atoms with Crippen molar-refractivity contribution >= 4 is 43.8 Å². The Morgan fingerprint density at radius 1 is 0.882 bits per heavy atom. The molecule has 3 aromatic rings. The molecule has 0 radical (unpaired) electrons. The molecule has 3 aromatic carbocycles. The highest BCUT2D eigenvalue weighted by atomic mass is 32.2. The Balaban J connectivity index is 2.16. The summed E-state index contributed by atoms with van der Waals surface area (Å²) in [6, 6.07) is 13.7. The first kappa shape index (κ1) is 37.1. The molecule has 0 saturated heterocycles. The molecular weight excluding hydrogens is 739 g/mol. The number of rotatable bonds is 6. The van der Waals surface area contributed by atoms with Gasteiger partial charge in [0.05, 0.1) is 16.2 Å². The molecule has 2 aliphatic carbocycles. The third kappa shape index (κ3) is 6.69. The van der Waals surface area contributed by atoms with E-state index in [2.05, 4.69) is 9.69 Å². The molecule has 8 nitrogen and oxygen atoms in total. The van der Waals surface area contributed by atoms with Crippen LogP contribution in [-0.4, -0.2) is 28.2 Å². The second-order valence-electron chi connectivity index (χ2n) is 11.1. The number of allylic oxidation sites excluding steroid dienone is 3. The second-order valence-corrected chi connectivity index (χ2v) is 15.0. The molecule has 0 amide bonds. The summed E-state index contributed by atoms with van der Waals surface area (Å²) in [5.41, 5.74) is -12.2. The van der Waals surface area contributed by atoms with Gasteiger partial charge in [-0.15, -0.1) is 0 Å². The van der Waals surface area contributed by atoms with Crippen LogP contribution in [0.4, 0.5) is 26.3 Å². The summed E-state index contributed by atoms with van der Waals surface area (Å²) in [6.07, 6.45) is -1.29. The quantitative estimate of drug-likeness (QED) is 0.0997. The number of fused-ring (bicyclic) bond motifs is 2. The minimum atomic E-state index is -6.35. The molecule has 1 unspecified atom stereocenters. The highest BCUT2D eigenvalue weighted by molar-refractivity contribution is 8.00. The van der Waals surface area contributed by atoms with Crippen LogP contribution in [0.5, 0.6) is 0 Å². The second kappa shape index (κ2) is 13.5. The number of nitriles is 2. The van der Waals surface area contributed by atoms with Gasteiger partial charge < -0.3 is 4.55 Å². The summed E-state index contributed by atoms with van der Waals surface area (Å²) in [4.78, 5) is 4.89. The van der Waals surface area contributed by atoms with E-state index in [-0.39, 0.29) is 54.7 Å². The molecule has 0 heterocycles. The van der Waals surface area contributed by atoms with Gasteiger partial charge in [-0.25, -0.2) is 12.6 Å². The Morgan fingerprint density at radius 3 is 1.86 bits per heavy atom. The predicted octanol–water partition coefficient (Wildman–Crippen LogP) is 6.53. The minimum absolute atomic E-state index is 0.0296. The normalized spacial score (nSPS) is 14.6.